The summed E-state index contributed by atoms with van der Waals surface area (Å²) in [5, 5.41) is 3.80. The number of nitrogens with one attached hydrogen (secondary N) is 1. The molecule has 0 saturated carbocycles. The van der Waals surface area contributed by atoms with Crippen molar-refractivity contribution in [1.29, 1.82) is 0 Å². The van der Waals surface area contributed by atoms with Crippen LogP contribution in [0.3, 0.4) is 0 Å². The lowest BCUT2D eigenvalue weighted by Gasteiger charge is -2.55. The average molecular weight is 254 g/mol. The highest BCUT2D eigenvalue weighted by atomic mass is 16.5. The van der Waals surface area contributed by atoms with Gasteiger partial charge in [0.15, 0.2) is 0 Å². The predicted molar refractivity (Wildman–Crippen MR) is 75.9 cm³/mol. The first kappa shape index (κ1) is 14.3. The van der Waals surface area contributed by atoms with Crippen LogP contribution in [0.2, 0.25) is 0 Å². The molecule has 0 bridgehead atoms. The van der Waals surface area contributed by atoms with E-state index in [1.165, 1.54) is 32.2 Å². The van der Waals surface area contributed by atoms with Crippen molar-refractivity contribution in [1.82, 2.24) is 10.2 Å². The van der Waals surface area contributed by atoms with Gasteiger partial charge in [0.25, 0.3) is 0 Å². The first-order valence-electron chi connectivity index (χ1n) is 7.65. The van der Waals surface area contributed by atoms with Gasteiger partial charge in [-0.15, -0.1) is 0 Å². The van der Waals surface area contributed by atoms with Crippen molar-refractivity contribution < 1.29 is 4.74 Å². The summed E-state index contributed by atoms with van der Waals surface area (Å²) < 4.78 is 5.55. The Morgan fingerprint density at radius 3 is 2.39 bits per heavy atom. The zero-order valence-corrected chi connectivity index (χ0v) is 12.6. The second-order valence-electron chi connectivity index (χ2n) is 6.45. The molecule has 2 fully saturated rings. The highest BCUT2D eigenvalue weighted by molar-refractivity contribution is 5.02. The molecule has 2 heterocycles. The molecule has 0 aromatic carbocycles. The van der Waals surface area contributed by atoms with Crippen molar-refractivity contribution >= 4 is 0 Å². The first-order chi connectivity index (χ1) is 8.55. The molecule has 0 aromatic heterocycles. The molecule has 0 amide bonds. The lowest BCUT2D eigenvalue weighted by molar-refractivity contribution is -0.0645. The molecule has 0 radical (unpaired) electrons. The topological polar surface area (TPSA) is 24.5 Å². The normalized spacial score (nSPS) is 32.3. The minimum absolute atomic E-state index is 0.327. The Bertz CT molecular complexity index is 270. The van der Waals surface area contributed by atoms with Gasteiger partial charge in [-0.25, -0.2) is 0 Å². The van der Waals surface area contributed by atoms with Gasteiger partial charge in [-0.1, -0.05) is 13.8 Å². The fourth-order valence-electron chi connectivity index (χ4n) is 3.56. The van der Waals surface area contributed by atoms with E-state index in [9.17, 15) is 0 Å². The lowest BCUT2D eigenvalue weighted by atomic mass is 9.82. The summed E-state index contributed by atoms with van der Waals surface area (Å²) in [5.74, 6) is 0. The van der Waals surface area contributed by atoms with E-state index in [4.69, 9.17) is 4.74 Å². The van der Waals surface area contributed by atoms with Gasteiger partial charge in [-0.2, -0.15) is 0 Å². The summed E-state index contributed by atoms with van der Waals surface area (Å²) in [4.78, 5) is 2.76. The van der Waals surface area contributed by atoms with Gasteiger partial charge in [-0.3, -0.25) is 4.90 Å². The molecule has 1 unspecified atom stereocenters. The molecule has 2 aliphatic rings. The van der Waals surface area contributed by atoms with Crippen LogP contribution in [0.1, 0.15) is 53.4 Å². The fourth-order valence-corrected chi connectivity index (χ4v) is 3.56. The van der Waals surface area contributed by atoms with Crippen molar-refractivity contribution in [3.63, 3.8) is 0 Å². The quantitative estimate of drug-likeness (QED) is 0.837. The van der Waals surface area contributed by atoms with E-state index in [-0.39, 0.29) is 0 Å². The first-order valence-corrected chi connectivity index (χ1v) is 7.65. The van der Waals surface area contributed by atoms with Gasteiger partial charge in [0.05, 0.1) is 0 Å². The third kappa shape index (κ3) is 2.59. The summed E-state index contributed by atoms with van der Waals surface area (Å²) >= 11 is 0. The van der Waals surface area contributed by atoms with Gasteiger partial charge in [0.1, 0.15) is 0 Å². The second-order valence-corrected chi connectivity index (χ2v) is 6.45. The average Bonchev–Trinajstić information content (AvgIpc) is 2.40. The standard InChI is InChI=1S/C15H30N2O/c1-5-15(6-2)12-17(13(3)11-16-15)14(4)7-9-18-10-8-14/h13,16H,5-12H2,1-4H3. The van der Waals surface area contributed by atoms with Crippen LogP contribution in [0.25, 0.3) is 0 Å². The molecular formula is C15H30N2O. The summed E-state index contributed by atoms with van der Waals surface area (Å²) in [5.41, 5.74) is 0.670. The van der Waals surface area contributed by atoms with Crippen molar-refractivity contribution in [3.05, 3.63) is 0 Å². The van der Waals surface area contributed by atoms with E-state index in [2.05, 4.69) is 37.9 Å². The third-order valence-corrected chi connectivity index (χ3v) is 5.39. The Morgan fingerprint density at radius 2 is 1.83 bits per heavy atom. The van der Waals surface area contributed by atoms with Crippen LogP contribution >= 0.6 is 0 Å². The molecule has 106 valence electrons. The molecule has 2 aliphatic heterocycles. The zero-order chi connectivity index (χ0) is 13.2. The van der Waals surface area contributed by atoms with Crippen LogP contribution in [-0.4, -0.2) is 48.3 Å². The monoisotopic (exact) mass is 254 g/mol. The van der Waals surface area contributed by atoms with E-state index >= 15 is 0 Å². The smallest absolute Gasteiger partial charge is 0.0483 e. The number of hydrogen-bond donors (Lipinski definition) is 1. The number of nitrogens with zero attached hydrogens (tertiary/aromatic N) is 1. The Labute approximate surface area is 112 Å². The van der Waals surface area contributed by atoms with Crippen LogP contribution in [-0.2, 0) is 4.74 Å². The highest BCUT2D eigenvalue weighted by Gasteiger charge is 2.43. The van der Waals surface area contributed by atoms with Gasteiger partial charge in [-0.05, 0) is 39.5 Å². The van der Waals surface area contributed by atoms with Gasteiger partial charge >= 0.3 is 0 Å². The maximum atomic E-state index is 5.55. The van der Waals surface area contributed by atoms with Gasteiger partial charge < -0.3 is 10.1 Å². The van der Waals surface area contributed by atoms with Crippen LogP contribution in [0.15, 0.2) is 0 Å². The van der Waals surface area contributed by atoms with Crippen molar-refractivity contribution in [2.75, 3.05) is 26.3 Å². The summed E-state index contributed by atoms with van der Waals surface area (Å²) in [6.07, 6.45) is 4.81. The molecule has 1 N–H and O–H groups in total. The molecule has 0 spiro atoms. The molecular weight excluding hydrogens is 224 g/mol. The van der Waals surface area contributed by atoms with Crippen LogP contribution in [0.5, 0.6) is 0 Å². The summed E-state index contributed by atoms with van der Waals surface area (Å²) in [6, 6.07) is 0.638. The largest absolute Gasteiger partial charge is 0.381 e. The number of ether oxygens (including phenoxy) is 1. The zero-order valence-electron chi connectivity index (χ0n) is 12.6. The third-order valence-electron chi connectivity index (χ3n) is 5.39. The Balaban J connectivity index is 2.14. The van der Waals surface area contributed by atoms with Crippen LogP contribution in [0.4, 0.5) is 0 Å². The van der Waals surface area contributed by atoms with E-state index in [0.717, 1.165) is 19.8 Å². The number of rotatable bonds is 3. The maximum Gasteiger partial charge on any atom is 0.0483 e. The van der Waals surface area contributed by atoms with E-state index in [1.54, 1.807) is 0 Å². The Morgan fingerprint density at radius 1 is 1.22 bits per heavy atom. The molecule has 0 aromatic rings. The minimum atomic E-state index is 0.327. The van der Waals surface area contributed by atoms with Gasteiger partial charge in [0.2, 0.25) is 0 Å². The predicted octanol–water partition coefficient (Wildman–Crippen LogP) is 2.41. The Kier molecular flexibility index (Phi) is 4.35. The van der Waals surface area contributed by atoms with E-state index < -0.39 is 0 Å². The van der Waals surface area contributed by atoms with Crippen molar-refractivity contribution in [3.8, 4) is 0 Å². The molecule has 2 saturated heterocycles. The lowest BCUT2D eigenvalue weighted by Crippen LogP contribution is -2.68. The molecule has 1 atom stereocenters. The SMILES string of the molecule is CCC1(CC)CN(C2(C)CCOCC2)C(C)CN1. The minimum Gasteiger partial charge on any atom is -0.381 e. The second kappa shape index (κ2) is 5.48. The van der Waals surface area contributed by atoms with Crippen molar-refractivity contribution in [2.24, 2.45) is 0 Å². The van der Waals surface area contributed by atoms with Crippen molar-refractivity contribution in [2.45, 2.75) is 70.5 Å². The van der Waals surface area contributed by atoms with Crippen LogP contribution in [0, 0.1) is 0 Å². The summed E-state index contributed by atoms with van der Waals surface area (Å²) in [6.45, 7) is 13.6. The molecule has 2 rings (SSSR count). The molecule has 3 heteroatoms. The van der Waals surface area contributed by atoms with E-state index in [1.807, 2.05) is 0 Å². The van der Waals surface area contributed by atoms with Gasteiger partial charge in [0, 0.05) is 43.4 Å². The molecule has 18 heavy (non-hydrogen) atoms. The van der Waals surface area contributed by atoms with Crippen LogP contribution < -0.4 is 5.32 Å². The number of piperazine rings is 1. The Hall–Kier alpha value is -0.120. The molecule has 0 aliphatic carbocycles. The number of hydrogen-bond acceptors (Lipinski definition) is 3. The molecule has 3 nitrogen and oxygen atoms in total. The summed E-state index contributed by atoms with van der Waals surface area (Å²) in [7, 11) is 0. The maximum absolute atomic E-state index is 5.55. The van der Waals surface area contributed by atoms with E-state index in [0.29, 0.717) is 17.1 Å². The fraction of sp³-hybridized carbons (Fsp3) is 1.00. The highest BCUT2D eigenvalue weighted by Crippen LogP contribution is 2.34.